The van der Waals surface area contributed by atoms with Gasteiger partial charge in [-0.3, -0.25) is 0 Å². The molecule has 0 spiro atoms. The second kappa shape index (κ2) is 5.44. The summed E-state index contributed by atoms with van der Waals surface area (Å²) in [7, 11) is -6.76. The Morgan fingerprint density at radius 3 is 2.21 bits per heavy atom. The normalized spacial score (nSPS) is 20.3. The number of sulfonamides is 1. The van der Waals surface area contributed by atoms with Gasteiger partial charge in [0.05, 0.1) is 16.4 Å². The number of benzene rings is 1. The van der Waals surface area contributed by atoms with E-state index in [-0.39, 0.29) is 29.5 Å². The summed E-state index contributed by atoms with van der Waals surface area (Å²) in [4.78, 5) is 0.148. The largest absolute Gasteiger partial charge is 0.244 e. The van der Waals surface area contributed by atoms with Gasteiger partial charge in [0.1, 0.15) is 0 Å². The second-order valence-corrected chi connectivity index (χ2v) is 10.1. The van der Waals surface area contributed by atoms with Crippen molar-refractivity contribution in [2.45, 2.75) is 4.90 Å². The van der Waals surface area contributed by atoms with Crippen molar-refractivity contribution in [1.82, 2.24) is 4.31 Å². The van der Waals surface area contributed by atoms with Gasteiger partial charge in [-0.2, -0.15) is 4.31 Å². The van der Waals surface area contributed by atoms with Crippen LogP contribution in [0.1, 0.15) is 0 Å². The lowest BCUT2D eigenvalue weighted by molar-refractivity contribution is 0.430. The van der Waals surface area contributed by atoms with Crippen LogP contribution in [0.3, 0.4) is 0 Å². The smallest absolute Gasteiger partial charge is 0.229 e. The average molecular weight is 433 g/mol. The van der Waals surface area contributed by atoms with Gasteiger partial charge in [0.2, 0.25) is 10.0 Å². The molecular weight excluding hydrogens is 422 g/mol. The fourth-order valence-corrected chi connectivity index (χ4v) is 6.34. The van der Waals surface area contributed by atoms with Crippen molar-refractivity contribution in [3.8, 4) is 0 Å². The maximum atomic E-state index is 12.4. The molecule has 1 fully saturated rings. The summed E-state index contributed by atoms with van der Waals surface area (Å²) in [6.07, 6.45) is 0. The third kappa shape index (κ3) is 3.38. The van der Waals surface area contributed by atoms with Gasteiger partial charge in [0, 0.05) is 22.0 Å². The highest BCUT2D eigenvalue weighted by Crippen LogP contribution is 2.28. The SMILES string of the molecule is O=S1(=O)CCN(S(=O)(=O)c2ccc(Br)cc2Br)CC1. The van der Waals surface area contributed by atoms with Crippen molar-refractivity contribution in [3.05, 3.63) is 27.1 Å². The summed E-state index contributed by atoms with van der Waals surface area (Å²) in [5.41, 5.74) is 0. The molecule has 1 heterocycles. The number of rotatable bonds is 2. The molecule has 0 aromatic heterocycles. The average Bonchev–Trinajstić information content (AvgIpc) is 2.27. The Bertz CT molecular complexity index is 686. The molecule has 19 heavy (non-hydrogen) atoms. The number of halogens is 2. The molecule has 0 bridgehead atoms. The van der Waals surface area contributed by atoms with E-state index in [1.807, 2.05) is 0 Å². The van der Waals surface area contributed by atoms with E-state index in [1.54, 1.807) is 12.1 Å². The molecule has 1 aliphatic heterocycles. The maximum Gasteiger partial charge on any atom is 0.244 e. The van der Waals surface area contributed by atoms with E-state index in [2.05, 4.69) is 31.9 Å². The molecule has 0 aliphatic carbocycles. The summed E-state index contributed by atoms with van der Waals surface area (Å²) in [5.74, 6) is -0.249. The molecule has 0 atom stereocenters. The van der Waals surface area contributed by atoms with Gasteiger partial charge in [-0.1, -0.05) is 15.9 Å². The third-order valence-electron chi connectivity index (χ3n) is 2.82. The molecule has 1 aromatic rings. The Balaban J connectivity index is 2.33. The summed E-state index contributed by atoms with van der Waals surface area (Å²) in [6, 6.07) is 4.78. The number of hydrogen-bond donors (Lipinski definition) is 0. The Kier molecular flexibility index (Phi) is 4.41. The minimum atomic E-state index is -3.66. The molecule has 1 saturated heterocycles. The predicted molar refractivity (Wildman–Crippen MR) is 79.3 cm³/mol. The van der Waals surface area contributed by atoms with Crippen LogP contribution < -0.4 is 0 Å². The highest BCUT2D eigenvalue weighted by Gasteiger charge is 2.32. The van der Waals surface area contributed by atoms with E-state index in [9.17, 15) is 16.8 Å². The predicted octanol–water partition coefficient (Wildman–Crippen LogP) is 1.63. The van der Waals surface area contributed by atoms with E-state index in [4.69, 9.17) is 0 Å². The fourth-order valence-electron chi connectivity index (χ4n) is 1.76. The molecule has 0 radical (unpaired) electrons. The van der Waals surface area contributed by atoms with E-state index < -0.39 is 19.9 Å². The van der Waals surface area contributed by atoms with Gasteiger partial charge >= 0.3 is 0 Å². The van der Waals surface area contributed by atoms with Gasteiger partial charge < -0.3 is 0 Å². The summed E-state index contributed by atoms with van der Waals surface area (Å²) in [6.45, 7) is 0.0142. The van der Waals surface area contributed by atoms with E-state index in [1.165, 1.54) is 10.4 Å². The van der Waals surface area contributed by atoms with Crippen molar-refractivity contribution in [3.63, 3.8) is 0 Å². The molecule has 9 heteroatoms. The van der Waals surface area contributed by atoms with Gasteiger partial charge in [0.15, 0.2) is 9.84 Å². The molecule has 1 aromatic carbocycles. The maximum absolute atomic E-state index is 12.4. The first-order valence-corrected chi connectivity index (χ1v) is 10.2. The zero-order chi connectivity index (χ0) is 14.3. The Morgan fingerprint density at radius 1 is 1.11 bits per heavy atom. The summed E-state index contributed by atoms with van der Waals surface area (Å²) < 4.78 is 49.9. The van der Waals surface area contributed by atoms with Gasteiger partial charge in [-0.25, -0.2) is 16.8 Å². The fraction of sp³-hybridized carbons (Fsp3) is 0.400. The lowest BCUT2D eigenvalue weighted by Crippen LogP contribution is -2.43. The van der Waals surface area contributed by atoms with Crippen LogP contribution in [-0.4, -0.2) is 45.7 Å². The zero-order valence-electron chi connectivity index (χ0n) is 9.71. The molecule has 0 amide bonds. The number of sulfone groups is 1. The van der Waals surface area contributed by atoms with Crippen molar-refractivity contribution in [2.24, 2.45) is 0 Å². The molecule has 0 unspecified atom stereocenters. The van der Waals surface area contributed by atoms with Crippen LogP contribution in [0.4, 0.5) is 0 Å². The molecular formula is C10H11Br2NO4S2. The van der Waals surface area contributed by atoms with Crippen LogP contribution >= 0.6 is 31.9 Å². The van der Waals surface area contributed by atoms with Crippen molar-refractivity contribution in [1.29, 1.82) is 0 Å². The van der Waals surface area contributed by atoms with Crippen LogP contribution in [0.15, 0.2) is 32.0 Å². The Hall–Kier alpha value is 0.0400. The van der Waals surface area contributed by atoms with Crippen molar-refractivity contribution < 1.29 is 16.8 Å². The number of hydrogen-bond acceptors (Lipinski definition) is 4. The minimum Gasteiger partial charge on any atom is -0.229 e. The molecule has 0 N–H and O–H groups in total. The Morgan fingerprint density at radius 2 is 1.68 bits per heavy atom. The topological polar surface area (TPSA) is 71.5 Å². The first kappa shape index (κ1) is 15.4. The van der Waals surface area contributed by atoms with Crippen LogP contribution in [0.5, 0.6) is 0 Å². The minimum absolute atomic E-state index is 0.00711. The summed E-state index contributed by atoms with van der Waals surface area (Å²) >= 11 is 6.47. The molecule has 106 valence electrons. The molecule has 1 aliphatic rings. The molecule has 2 rings (SSSR count). The lowest BCUT2D eigenvalue weighted by Gasteiger charge is -2.26. The van der Waals surface area contributed by atoms with Crippen LogP contribution in [-0.2, 0) is 19.9 Å². The van der Waals surface area contributed by atoms with Gasteiger partial charge in [0.25, 0.3) is 0 Å². The second-order valence-electron chi connectivity index (χ2n) is 4.13. The first-order valence-electron chi connectivity index (χ1n) is 5.38. The van der Waals surface area contributed by atoms with Crippen molar-refractivity contribution in [2.75, 3.05) is 24.6 Å². The van der Waals surface area contributed by atoms with Crippen LogP contribution in [0.2, 0.25) is 0 Å². The highest BCUT2D eigenvalue weighted by molar-refractivity contribution is 9.11. The molecule has 0 saturated carbocycles. The quantitative estimate of drug-likeness (QED) is 0.711. The lowest BCUT2D eigenvalue weighted by atomic mass is 10.4. The van der Waals surface area contributed by atoms with E-state index in [0.717, 1.165) is 4.47 Å². The van der Waals surface area contributed by atoms with Crippen molar-refractivity contribution >= 4 is 51.7 Å². The highest BCUT2D eigenvalue weighted by atomic mass is 79.9. The van der Waals surface area contributed by atoms with Crippen LogP contribution in [0, 0.1) is 0 Å². The Labute approximate surface area is 129 Å². The van der Waals surface area contributed by atoms with Gasteiger partial charge in [-0.15, -0.1) is 0 Å². The summed E-state index contributed by atoms with van der Waals surface area (Å²) in [5, 5.41) is 0. The monoisotopic (exact) mass is 431 g/mol. The molecule has 5 nitrogen and oxygen atoms in total. The standard InChI is InChI=1S/C10H11Br2NO4S2/c11-8-1-2-10(9(12)7-8)19(16,17)13-3-5-18(14,15)6-4-13/h1-2,7H,3-6H2. The zero-order valence-corrected chi connectivity index (χ0v) is 14.5. The van der Waals surface area contributed by atoms with E-state index in [0.29, 0.717) is 4.47 Å². The number of nitrogens with zero attached hydrogens (tertiary/aromatic N) is 1. The van der Waals surface area contributed by atoms with Gasteiger partial charge in [-0.05, 0) is 34.1 Å². The first-order chi connectivity index (χ1) is 8.72. The van der Waals surface area contributed by atoms with E-state index >= 15 is 0 Å². The van der Waals surface area contributed by atoms with Crippen LogP contribution in [0.25, 0.3) is 0 Å². The third-order valence-corrected chi connectivity index (χ3v) is 7.79.